The fourth-order valence-corrected chi connectivity index (χ4v) is 2.18. The van der Waals surface area contributed by atoms with E-state index in [0.717, 1.165) is 16.5 Å². The third-order valence-electron chi connectivity index (χ3n) is 3.25. The summed E-state index contributed by atoms with van der Waals surface area (Å²) in [6.07, 6.45) is 6.95. The predicted octanol–water partition coefficient (Wildman–Crippen LogP) is 3.60. The van der Waals surface area contributed by atoms with Crippen LogP contribution >= 0.6 is 0 Å². The van der Waals surface area contributed by atoms with Gasteiger partial charge in [-0.25, -0.2) is 5.43 Å². The molecule has 0 aliphatic carbocycles. The third kappa shape index (κ3) is 3.12. The van der Waals surface area contributed by atoms with Crippen LogP contribution in [0.2, 0.25) is 0 Å². The van der Waals surface area contributed by atoms with E-state index in [4.69, 9.17) is 0 Å². The minimum atomic E-state index is -0.234. The van der Waals surface area contributed by atoms with Gasteiger partial charge in [0.2, 0.25) is 0 Å². The molecule has 0 aliphatic heterocycles. The maximum absolute atomic E-state index is 12.1. The van der Waals surface area contributed by atoms with Gasteiger partial charge in [0.25, 0.3) is 5.91 Å². The average molecular weight is 289 g/mol. The zero-order chi connectivity index (χ0) is 15.2. The van der Waals surface area contributed by atoms with Crippen LogP contribution in [-0.2, 0) is 0 Å². The van der Waals surface area contributed by atoms with Gasteiger partial charge in [0, 0.05) is 23.3 Å². The summed E-state index contributed by atoms with van der Waals surface area (Å²) in [5.41, 5.74) is 5.12. The molecule has 22 heavy (non-hydrogen) atoms. The van der Waals surface area contributed by atoms with Gasteiger partial charge in [-0.2, -0.15) is 5.10 Å². The summed E-state index contributed by atoms with van der Waals surface area (Å²) < 4.78 is 0. The molecule has 108 valence electrons. The van der Waals surface area contributed by atoms with Crippen molar-refractivity contribution < 1.29 is 4.79 Å². The minimum absolute atomic E-state index is 0.234. The van der Waals surface area contributed by atoms with E-state index < -0.39 is 0 Å². The third-order valence-corrected chi connectivity index (χ3v) is 3.25. The van der Waals surface area contributed by atoms with E-state index >= 15 is 0 Å². The largest absolute Gasteiger partial charge is 0.360 e. The fourth-order valence-electron chi connectivity index (χ4n) is 2.18. The maximum atomic E-state index is 12.1. The zero-order valence-corrected chi connectivity index (χ0v) is 11.9. The normalized spacial score (nSPS) is 11.5. The summed E-state index contributed by atoms with van der Waals surface area (Å²) in [6, 6.07) is 17.5. The van der Waals surface area contributed by atoms with E-state index in [1.165, 1.54) is 0 Å². The molecule has 1 heterocycles. The van der Waals surface area contributed by atoms with Crippen LogP contribution in [0.1, 0.15) is 15.9 Å². The monoisotopic (exact) mass is 289 g/mol. The van der Waals surface area contributed by atoms with E-state index in [1.54, 1.807) is 18.5 Å². The Morgan fingerprint density at radius 1 is 1.05 bits per heavy atom. The lowest BCUT2D eigenvalue weighted by Crippen LogP contribution is -2.16. The summed E-state index contributed by atoms with van der Waals surface area (Å²) in [4.78, 5) is 15.1. The topological polar surface area (TPSA) is 57.2 Å². The molecule has 4 nitrogen and oxygen atoms in total. The first kappa shape index (κ1) is 13.8. The second-order valence-corrected chi connectivity index (χ2v) is 4.74. The minimum Gasteiger partial charge on any atom is -0.360 e. The number of benzene rings is 2. The maximum Gasteiger partial charge on any atom is 0.273 e. The molecule has 0 saturated heterocycles. The molecule has 0 radical (unpaired) electrons. The Labute approximate surface area is 128 Å². The van der Waals surface area contributed by atoms with Gasteiger partial charge in [0.05, 0.1) is 5.56 Å². The van der Waals surface area contributed by atoms with Crippen LogP contribution in [0.15, 0.2) is 72.0 Å². The highest BCUT2D eigenvalue weighted by atomic mass is 16.2. The molecule has 0 bridgehead atoms. The number of H-pyrrole nitrogens is 1. The number of hydrazone groups is 1. The Kier molecular flexibility index (Phi) is 4.11. The Bertz CT molecular complexity index is 832. The van der Waals surface area contributed by atoms with Crippen LogP contribution in [-0.4, -0.2) is 17.1 Å². The Morgan fingerprint density at radius 3 is 2.68 bits per heavy atom. The van der Waals surface area contributed by atoms with Crippen LogP contribution in [0.5, 0.6) is 0 Å². The van der Waals surface area contributed by atoms with Crippen molar-refractivity contribution in [1.82, 2.24) is 10.4 Å². The molecule has 3 rings (SSSR count). The van der Waals surface area contributed by atoms with E-state index in [1.807, 2.05) is 60.7 Å². The Balaban J connectivity index is 1.63. The molecule has 0 fully saturated rings. The molecule has 4 heteroatoms. The second kappa shape index (κ2) is 6.54. The standard InChI is InChI=1S/C18H15N3O/c22-18(16-13-19-17-11-5-4-10-15(16)17)21-20-12-6-9-14-7-2-1-3-8-14/h1-13,19H,(H,21,22)/b9-6+,20-12+. The van der Waals surface area contributed by atoms with Crippen molar-refractivity contribution in [2.75, 3.05) is 0 Å². The fraction of sp³-hybridized carbons (Fsp3) is 0. The highest BCUT2D eigenvalue weighted by molar-refractivity contribution is 6.06. The summed E-state index contributed by atoms with van der Waals surface area (Å²) >= 11 is 0. The van der Waals surface area contributed by atoms with Crippen molar-refractivity contribution in [1.29, 1.82) is 0 Å². The number of rotatable bonds is 4. The van der Waals surface area contributed by atoms with Crippen molar-refractivity contribution in [2.24, 2.45) is 5.10 Å². The molecule has 1 amide bonds. The number of aromatic amines is 1. The molecule has 3 aromatic rings. The lowest BCUT2D eigenvalue weighted by molar-refractivity contribution is 0.0957. The molecule has 0 aliphatic rings. The molecule has 0 unspecified atom stereocenters. The number of nitrogens with zero attached hydrogens (tertiary/aromatic N) is 1. The molecule has 0 saturated carbocycles. The van der Waals surface area contributed by atoms with Gasteiger partial charge in [0.15, 0.2) is 0 Å². The molecule has 2 N–H and O–H groups in total. The molecular formula is C18H15N3O. The average Bonchev–Trinajstić information content (AvgIpc) is 2.99. The number of amides is 1. The highest BCUT2D eigenvalue weighted by Crippen LogP contribution is 2.17. The van der Waals surface area contributed by atoms with Gasteiger partial charge in [-0.1, -0.05) is 54.6 Å². The summed E-state index contributed by atoms with van der Waals surface area (Å²) in [5.74, 6) is -0.234. The van der Waals surface area contributed by atoms with E-state index in [9.17, 15) is 4.79 Å². The molecular weight excluding hydrogens is 274 g/mol. The van der Waals surface area contributed by atoms with E-state index in [0.29, 0.717) is 5.56 Å². The van der Waals surface area contributed by atoms with Crippen LogP contribution in [0, 0.1) is 0 Å². The number of carbonyl (C=O) groups is 1. The number of fused-ring (bicyclic) bond motifs is 1. The van der Waals surface area contributed by atoms with Crippen molar-refractivity contribution in [3.8, 4) is 0 Å². The van der Waals surface area contributed by atoms with Gasteiger partial charge in [-0.15, -0.1) is 0 Å². The molecule has 2 aromatic carbocycles. The summed E-state index contributed by atoms with van der Waals surface area (Å²) in [5, 5.41) is 4.81. The van der Waals surface area contributed by atoms with Crippen LogP contribution in [0.3, 0.4) is 0 Å². The lowest BCUT2D eigenvalue weighted by atomic mass is 10.2. The lowest BCUT2D eigenvalue weighted by Gasteiger charge is -1.97. The predicted molar refractivity (Wildman–Crippen MR) is 89.7 cm³/mol. The Hall–Kier alpha value is -3.14. The number of hydrogen-bond acceptors (Lipinski definition) is 2. The van der Waals surface area contributed by atoms with Gasteiger partial charge in [0.1, 0.15) is 0 Å². The summed E-state index contributed by atoms with van der Waals surface area (Å²) in [6.45, 7) is 0. The van der Waals surface area contributed by atoms with Crippen molar-refractivity contribution >= 4 is 29.1 Å². The van der Waals surface area contributed by atoms with Crippen molar-refractivity contribution in [2.45, 2.75) is 0 Å². The van der Waals surface area contributed by atoms with Gasteiger partial charge < -0.3 is 4.98 Å². The molecule has 0 spiro atoms. The zero-order valence-electron chi connectivity index (χ0n) is 11.9. The summed E-state index contributed by atoms with van der Waals surface area (Å²) in [7, 11) is 0. The molecule has 0 atom stereocenters. The van der Waals surface area contributed by atoms with E-state index in [-0.39, 0.29) is 5.91 Å². The first-order valence-electron chi connectivity index (χ1n) is 6.96. The van der Waals surface area contributed by atoms with Gasteiger partial charge in [-0.3, -0.25) is 4.79 Å². The van der Waals surface area contributed by atoms with Crippen LogP contribution in [0.4, 0.5) is 0 Å². The smallest absolute Gasteiger partial charge is 0.273 e. The first-order valence-corrected chi connectivity index (χ1v) is 6.96. The van der Waals surface area contributed by atoms with E-state index in [2.05, 4.69) is 15.5 Å². The van der Waals surface area contributed by atoms with Crippen LogP contribution < -0.4 is 5.43 Å². The molecule has 1 aromatic heterocycles. The number of aromatic nitrogens is 1. The number of hydrogen-bond donors (Lipinski definition) is 2. The Morgan fingerprint density at radius 2 is 1.82 bits per heavy atom. The first-order chi connectivity index (χ1) is 10.8. The van der Waals surface area contributed by atoms with Crippen molar-refractivity contribution in [3.05, 3.63) is 78.0 Å². The number of nitrogens with one attached hydrogen (secondary N) is 2. The quantitative estimate of drug-likeness (QED) is 0.559. The second-order valence-electron chi connectivity index (χ2n) is 4.74. The number of para-hydroxylation sites is 1. The van der Waals surface area contributed by atoms with Crippen molar-refractivity contribution in [3.63, 3.8) is 0 Å². The van der Waals surface area contributed by atoms with Crippen LogP contribution in [0.25, 0.3) is 17.0 Å². The van der Waals surface area contributed by atoms with Gasteiger partial charge in [-0.05, 0) is 17.7 Å². The number of allylic oxidation sites excluding steroid dienone is 1. The highest BCUT2D eigenvalue weighted by Gasteiger charge is 2.10. The van der Waals surface area contributed by atoms with Gasteiger partial charge >= 0.3 is 0 Å². The number of carbonyl (C=O) groups excluding carboxylic acids is 1. The SMILES string of the molecule is O=C(N/N=C/C=C/c1ccccc1)c1c[nH]c2ccccc12.